The van der Waals surface area contributed by atoms with Crippen molar-refractivity contribution in [2.45, 2.75) is 33.1 Å². The highest BCUT2D eigenvalue weighted by Gasteiger charge is 2.25. The van der Waals surface area contributed by atoms with Gasteiger partial charge in [-0.3, -0.25) is 0 Å². The third kappa shape index (κ3) is 3.35. The summed E-state index contributed by atoms with van der Waals surface area (Å²) in [6, 6.07) is 0. The second-order valence-corrected chi connectivity index (χ2v) is 5.15. The zero-order chi connectivity index (χ0) is 13.7. The zero-order valence-corrected chi connectivity index (χ0v) is 11.9. The van der Waals surface area contributed by atoms with Gasteiger partial charge in [0.2, 0.25) is 5.88 Å². The molecule has 2 atom stereocenters. The van der Waals surface area contributed by atoms with Crippen LogP contribution in [-0.4, -0.2) is 29.7 Å². The van der Waals surface area contributed by atoms with Gasteiger partial charge in [0.05, 0.1) is 12.2 Å². The minimum Gasteiger partial charge on any atom is -0.478 e. The van der Waals surface area contributed by atoms with Gasteiger partial charge in [0, 0.05) is 6.54 Å². The quantitative estimate of drug-likeness (QED) is 0.822. The van der Waals surface area contributed by atoms with Crippen molar-refractivity contribution in [3.63, 3.8) is 0 Å². The maximum Gasteiger partial charge on any atom is 0.221 e. The van der Waals surface area contributed by atoms with E-state index in [4.69, 9.17) is 10.5 Å². The van der Waals surface area contributed by atoms with Crippen LogP contribution in [0, 0.1) is 18.8 Å². The molecule has 1 aliphatic rings. The molecule has 1 saturated carbocycles. The summed E-state index contributed by atoms with van der Waals surface area (Å²) in [4.78, 5) is 8.45. The molecule has 0 saturated heterocycles. The molecule has 0 aromatic carbocycles. The molecular formula is C14H24N4O. The van der Waals surface area contributed by atoms with Gasteiger partial charge in [0.25, 0.3) is 0 Å². The molecule has 2 rings (SSSR count). The molecule has 1 aliphatic carbocycles. The van der Waals surface area contributed by atoms with Crippen LogP contribution in [-0.2, 0) is 0 Å². The lowest BCUT2D eigenvalue weighted by Crippen LogP contribution is -2.24. The molecule has 0 spiro atoms. The number of nitrogens with two attached hydrogens (primary N) is 1. The first-order valence-corrected chi connectivity index (χ1v) is 7.14. The van der Waals surface area contributed by atoms with Gasteiger partial charge in [-0.05, 0) is 45.1 Å². The van der Waals surface area contributed by atoms with Crippen LogP contribution >= 0.6 is 0 Å². The number of nitrogens with one attached hydrogen (secondary N) is 1. The second kappa shape index (κ2) is 6.70. The van der Waals surface area contributed by atoms with Crippen LogP contribution in [0.2, 0.25) is 0 Å². The Hall–Kier alpha value is -1.36. The molecule has 1 fully saturated rings. The number of ether oxygens (including phenoxy) is 1. The molecule has 5 heteroatoms. The highest BCUT2D eigenvalue weighted by Crippen LogP contribution is 2.31. The van der Waals surface area contributed by atoms with E-state index in [9.17, 15) is 0 Å². The summed E-state index contributed by atoms with van der Waals surface area (Å²) in [6.45, 7) is 6.29. The smallest absolute Gasteiger partial charge is 0.221 e. The van der Waals surface area contributed by atoms with Crippen LogP contribution in [0.3, 0.4) is 0 Å². The van der Waals surface area contributed by atoms with Crippen LogP contribution < -0.4 is 15.8 Å². The average Bonchev–Trinajstić information content (AvgIpc) is 2.87. The lowest BCUT2D eigenvalue weighted by atomic mass is 9.96. The Morgan fingerprint density at radius 3 is 2.89 bits per heavy atom. The minimum atomic E-state index is 0.620. The fraction of sp³-hybridized carbons (Fsp3) is 0.714. The molecule has 1 aromatic heterocycles. The second-order valence-electron chi connectivity index (χ2n) is 5.15. The molecule has 2 unspecified atom stereocenters. The van der Waals surface area contributed by atoms with Gasteiger partial charge in [0.1, 0.15) is 12.1 Å². The van der Waals surface area contributed by atoms with Gasteiger partial charge in [-0.25, -0.2) is 9.97 Å². The first-order valence-electron chi connectivity index (χ1n) is 7.14. The van der Waals surface area contributed by atoms with Crippen molar-refractivity contribution in [1.82, 2.24) is 9.97 Å². The van der Waals surface area contributed by atoms with E-state index in [-0.39, 0.29) is 0 Å². The van der Waals surface area contributed by atoms with Crippen molar-refractivity contribution in [2.24, 2.45) is 17.6 Å². The van der Waals surface area contributed by atoms with E-state index < -0.39 is 0 Å². The summed E-state index contributed by atoms with van der Waals surface area (Å²) in [5.74, 6) is 2.86. The number of anilines is 1. The third-order valence-corrected chi connectivity index (χ3v) is 3.97. The molecule has 1 aromatic rings. The molecule has 19 heavy (non-hydrogen) atoms. The van der Waals surface area contributed by atoms with E-state index in [1.807, 2.05) is 13.8 Å². The molecule has 106 valence electrons. The van der Waals surface area contributed by atoms with E-state index in [2.05, 4.69) is 15.3 Å². The molecule has 0 aliphatic heterocycles. The highest BCUT2D eigenvalue weighted by molar-refractivity contribution is 5.47. The predicted octanol–water partition coefficient (Wildman–Crippen LogP) is 1.97. The molecule has 1 heterocycles. The number of aromatic nitrogens is 2. The number of hydrogen-bond donors (Lipinski definition) is 2. The summed E-state index contributed by atoms with van der Waals surface area (Å²) in [5.41, 5.74) is 6.79. The van der Waals surface area contributed by atoms with Crippen LogP contribution in [0.5, 0.6) is 5.88 Å². The fourth-order valence-electron chi connectivity index (χ4n) is 2.81. The van der Waals surface area contributed by atoms with Gasteiger partial charge in [-0.1, -0.05) is 6.42 Å². The van der Waals surface area contributed by atoms with Gasteiger partial charge < -0.3 is 15.8 Å². The average molecular weight is 264 g/mol. The topological polar surface area (TPSA) is 73.1 Å². The van der Waals surface area contributed by atoms with Crippen molar-refractivity contribution in [3.8, 4) is 5.88 Å². The van der Waals surface area contributed by atoms with Gasteiger partial charge >= 0.3 is 0 Å². The normalized spacial score (nSPS) is 22.5. The molecule has 0 amide bonds. The molecule has 0 bridgehead atoms. The Balaban J connectivity index is 1.97. The van der Waals surface area contributed by atoms with E-state index in [0.29, 0.717) is 24.3 Å². The molecule has 0 radical (unpaired) electrons. The first kappa shape index (κ1) is 14.1. The fourth-order valence-corrected chi connectivity index (χ4v) is 2.81. The number of hydrogen-bond acceptors (Lipinski definition) is 5. The van der Waals surface area contributed by atoms with Gasteiger partial charge in [-0.15, -0.1) is 0 Å². The van der Waals surface area contributed by atoms with Crippen molar-refractivity contribution >= 4 is 5.82 Å². The Bertz CT molecular complexity index is 410. The van der Waals surface area contributed by atoms with Gasteiger partial charge in [-0.2, -0.15) is 0 Å². The maximum absolute atomic E-state index is 5.81. The monoisotopic (exact) mass is 264 g/mol. The third-order valence-electron chi connectivity index (χ3n) is 3.97. The van der Waals surface area contributed by atoms with Crippen LogP contribution in [0.1, 0.15) is 31.7 Å². The molecule has 5 nitrogen and oxygen atoms in total. The summed E-state index contributed by atoms with van der Waals surface area (Å²) < 4.78 is 5.48. The Morgan fingerprint density at radius 2 is 2.16 bits per heavy atom. The van der Waals surface area contributed by atoms with E-state index in [1.165, 1.54) is 19.3 Å². The Morgan fingerprint density at radius 1 is 1.37 bits per heavy atom. The molecular weight excluding hydrogens is 240 g/mol. The van der Waals surface area contributed by atoms with Crippen LogP contribution in [0.15, 0.2) is 6.33 Å². The Labute approximate surface area is 115 Å². The van der Waals surface area contributed by atoms with Crippen molar-refractivity contribution < 1.29 is 4.74 Å². The lowest BCUT2D eigenvalue weighted by Gasteiger charge is -2.19. The maximum atomic E-state index is 5.81. The summed E-state index contributed by atoms with van der Waals surface area (Å²) >= 11 is 0. The van der Waals surface area contributed by atoms with Crippen molar-refractivity contribution in [2.75, 3.05) is 25.0 Å². The van der Waals surface area contributed by atoms with Gasteiger partial charge in [0.15, 0.2) is 0 Å². The largest absolute Gasteiger partial charge is 0.478 e. The number of rotatable bonds is 6. The minimum absolute atomic E-state index is 0.620. The van der Waals surface area contributed by atoms with Crippen LogP contribution in [0.25, 0.3) is 0 Å². The number of nitrogens with zero attached hydrogens (tertiary/aromatic N) is 2. The van der Waals surface area contributed by atoms with E-state index >= 15 is 0 Å². The summed E-state index contributed by atoms with van der Waals surface area (Å²) in [5, 5.41) is 3.43. The SMILES string of the molecule is CCOc1ncnc(NCC2CCCC2CN)c1C. The van der Waals surface area contributed by atoms with Crippen LogP contribution in [0.4, 0.5) is 5.82 Å². The molecule has 3 N–H and O–H groups in total. The first-order chi connectivity index (χ1) is 9.26. The lowest BCUT2D eigenvalue weighted by molar-refractivity contribution is 0.323. The highest BCUT2D eigenvalue weighted by atomic mass is 16.5. The standard InChI is InChI=1S/C14H24N4O/c1-3-19-14-10(2)13(17-9-18-14)16-8-12-6-4-5-11(12)7-15/h9,11-12H,3-8,15H2,1-2H3,(H,16,17,18). The summed E-state index contributed by atoms with van der Waals surface area (Å²) in [7, 11) is 0. The van der Waals surface area contributed by atoms with E-state index in [0.717, 1.165) is 24.5 Å². The Kier molecular flexibility index (Phi) is 4.96. The van der Waals surface area contributed by atoms with Crippen molar-refractivity contribution in [3.05, 3.63) is 11.9 Å². The van der Waals surface area contributed by atoms with E-state index in [1.54, 1.807) is 6.33 Å². The zero-order valence-electron chi connectivity index (χ0n) is 11.9. The summed E-state index contributed by atoms with van der Waals surface area (Å²) in [6.07, 6.45) is 5.36. The predicted molar refractivity (Wildman–Crippen MR) is 76.3 cm³/mol. The van der Waals surface area contributed by atoms with Crippen molar-refractivity contribution in [1.29, 1.82) is 0 Å².